The van der Waals surface area contributed by atoms with Gasteiger partial charge >= 0.3 is 0 Å². The molecule has 1 aliphatic rings. The van der Waals surface area contributed by atoms with Gasteiger partial charge in [-0.25, -0.2) is 4.39 Å². The summed E-state index contributed by atoms with van der Waals surface area (Å²) in [6, 6.07) is 9.92. The first-order chi connectivity index (χ1) is 12.2. The second-order valence-corrected chi connectivity index (χ2v) is 5.98. The molecule has 1 aliphatic heterocycles. The second kappa shape index (κ2) is 8.53. The van der Waals surface area contributed by atoms with Gasteiger partial charge in [-0.05, 0) is 49.1 Å². The third-order valence-corrected chi connectivity index (χ3v) is 4.14. The number of anilines is 2. The van der Waals surface area contributed by atoms with E-state index >= 15 is 0 Å². The summed E-state index contributed by atoms with van der Waals surface area (Å²) in [6.07, 6.45) is 2.23. The predicted octanol–water partition coefficient (Wildman–Crippen LogP) is 2.64. The van der Waals surface area contributed by atoms with Gasteiger partial charge in [0.15, 0.2) is 5.82 Å². The van der Waals surface area contributed by atoms with Crippen molar-refractivity contribution in [2.75, 3.05) is 30.4 Å². The number of amides is 1. The molecule has 1 amide bonds. The summed E-state index contributed by atoms with van der Waals surface area (Å²) in [4.78, 5) is 12.1. The number of carbonyl (C=O) groups is 1. The van der Waals surface area contributed by atoms with Crippen molar-refractivity contribution in [1.29, 1.82) is 0 Å². The van der Waals surface area contributed by atoms with E-state index in [0.717, 1.165) is 24.8 Å². The normalized spacial score (nSPS) is 14.9. The molecule has 1 saturated heterocycles. The van der Waals surface area contributed by atoms with Crippen LogP contribution in [-0.2, 0) is 16.0 Å². The Morgan fingerprint density at radius 1 is 1.08 bits per heavy atom. The maximum absolute atomic E-state index is 12.9. The van der Waals surface area contributed by atoms with Crippen molar-refractivity contribution in [3.63, 3.8) is 0 Å². The molecule has 3 rings (SSSR count). The van der Waals surface area contributed by atoms with Gasteiger partial charge in [-0.15, -0.1) is 10.2 Å². The number of hydrogen-bond acceptors (Lipinski definition) is 5. The fourth-order valence-corrected chi connectivity index (χ4v) is 2.67. The molecule has 0 bridgehead atoms. The minimum atomic E-state index is -0.235. The van der Waals surface area contributed by atoms with E-state index in [1.165, 1.54) is 12.1 Å². The van der Waals surface area contributed by atoms with Gasteiger partial charge in [0.05, 0.1) is 0 Å². The van der Waals surface area contributed by atoms with Crippen LogP contribution in [0.4, 0.5) is 16.0 Å². The third kappa shape index (κ3) is 5.22. The Hall–Kier alpha value is -2.54. The van der Waals surface area contributed by atoms with Crippen molar-refractivity contribution in [3.05, 3.63) is 47.8 Å². The average molecular weight is 344 g/mol. The van der Waals surface area contributed by atoms with E-state index in [4.69, 9.17) is 4.74 Å². The highest BCUT2D eigenvalue weighted by molar-refractivity contribution is 5.91. The summed E-state index contributed by atoms with van der Waals surface area (Å²) in [5.41, 5.74) is 1.04. The molecule has 1 aromatic heterocycles. The Kier molecular flexibility index (Phi) is 5.90. The van der Waals surface area contributed by atoms with Gasteiger partial charge in [0.1, 0.15) is 11.6 Å². The van der Waals surface area contributed by atoms with E-state index in [2.05, 4.69) is 20.8 Å². The lowest BCUT2D eigenvalue weighted by molar-refractivity contribution is -0.122. The topological polar surface area (TPSA) is 76.1 Å². The van der Waals surface area contributed by atoms with E-state index in [9.17, 15) is 9.18 Å². The molecule has 1 aromatic carbocycles. The summed E-state index contributed by atoms with van der Waals surface area (Å²) in [7, 11) is 0. The molecule has 7 heteroatoms. The molecule has 0 unspecified atom stereocenters. The van der Waals surface area contributed by atoms with Crippen molar-refractivity contribution in [3.8, 4) is 0 Å². The van der Waals surface area contributed by atoms with Gasteiger partial charge in [-0.3, -0.25) is 4.79 Å². The van der Waals surface area contributed by atoms with Crippen molar-refractivity contribution in [2.24, 2.45) is 5.92 Å². The molecule has 25 heavy (non-hydrogen) atoms. The smallest absolute Gasteiger partial charge is 0.228 e. The Bertz CT molecular complexity index is 685. The fraction of sp³-hybridized carbons (Fsp3) is 0.389. The largest absolute Gasteiger partial charge is 0.381 e. The van der Waals surface area contributed by atoms with E-state index in [0.29, 0.717) is 31.4 Å². The number of ether oxygens (including phenoxy) is 1. The minimum Gasteiger partial charge on any atom is -0.381 e. The van der Waals surface area contributed by atoms with Gasteiger partial charge in [-0.2, -0.15) is 0 Å². The van der Waals surface area contributed by atoms with Crippen LogP contribution in [0.1, 0.15) is 18.4 Å². The van der Waals surface area contributed by atoms with Gasteiger partial charge in [0, 0.05) is 25.7 Å². The molecule has 0 aliphatic carbocycles. The molecule has 0 saturated carbocycles. The number of nitrogens with one attached hydrogen (secondary N) is 2. The molecule has 2 aromatic rings. The SMILES string of the molecule is O=C(Nc1ccc(NCCc2ccc(F)cc2)nn1)C1CCOCC1. The molecule has 0 atom stereocenters. The Morgan fingerprint density at radius 3 is 2.44 bits per heavy atom. The van der Waals surface area contributed by atoms with Crippen molar-refractivity contribution < 1.29 is 13.9 Å². The quantitative estimate of drug-likeness (QED) is 0.842. The first-order valence-electron chi connectivity index (χ1n) is 8.41. The van der Waals surface area contributed by atoms with Gasteiger partial charge in [0.2, 0.25) is 5.91 Å². The average Bonchev–Trinajstić information content (AvgIpc) is 2.65. The highest BCUT2D eigenvalue weighted by Crippen LogP contribution is 2.17. The maximum atomic E-state index is 12.9. The maximum Gasteiger partial charge on any atom is 0.228 e. The van der Waals surface area contributed by atoms with E-state index in [1.54, 1.807) is 24.3 Å². The molecule has 0 spiro atoms. The van der Waals surface area contributed by atoms with Crippen LogP contribution in [0.3, 0.4) is 0 Å². The zero-order chi connectivity index (χ0) is 17.5. The summed E-state index contributed by atoms with van der Waals surface area (Å²) >= 11 is 0. The summed E-state index contributed by atoms with van der Waals surface area (Å²) < 4.78 is 18.1. The predicted molar refractivity (Wildman–Crippen MR) is 92.8 cm³/mol. The number of carbonyl (C=O) groups excluding carboxylic acids is 1. The molecule has 0 radical (unpaired) electrons. The van der Waals surface area contributed by atoms with E-state index < -0.39 is 0 Å². The van der Waals surface area contributed by atoms with Crippen LogP contribution in [0.5, 0.6) is 0 Å². The summed E-state index contributed by atoms with van der Waals surface area (Å²) in [6.45, 7) is 1.91. The Balaban J connectivity index is 1.45. The van der Waals surface area contributed by atoms with E-state index in [-0.39, 0.29) is 17.6 Å². The van der Waals surface area contributed by atoms with Crippen LogP contribution < -0.4 is 10.6 Å². The second-order valence-electron chi connectivity index (χ2n) is 5.98. The molecule has 2 heterocycles. The molecule has 132 valence electrons. The zero-order valence-electron chi connectivity index (χ0n) is 13.9. The van der Waals surface area contributed by atoms with Gasteiger partial charge < -0.3 is 15.4 Å². The minimum absolute atomic E-state index is 0.0240. The number of benzene rings is 1. The first-order valence-corrected chi connectivity index (χ1v) is 8.41. The monoisotopic (exact) mass is 344 g/mol. The number of halogens is 1. The van der Waals surface area contributed by atoms with Crippen LogP contribution in [0.2, 0.25) is 0 Å². The Morgan fingerprint density at radius 2 is 1.76 bits per heavy atom. The van der Waals surface area contributed by atoms with Gasteiger partial charge in [0.25, 0.3) is 0 Å². The summed E-state index contributed by atoms with van der Waals surface area (Å²) in [5, 5.41) is 14.0. The van der Waals surface area contributed by atoms with Crippen molar-refractivity contribution in [1.82, 2.24) is 10.2 Å². The van der Waals surface area contributed by atoms with Crippen LogP contribution >= 0.6 is 0 Å². The number of rotatable bonds is 6. The molecular weight excluding hydrogens is 323 g/mol. The van der Waals surface area contributed by atoms with E-state index in [1.807, 2.05) is 0 Å². The van der Waals surface area contributed by atoms with Crippen molar-refractivity contribution >= 4 is 17.5 Å². The van der Waals surface area contributed by atoms with Crippen LogP contribution in [0, 0.1) is 11.7 Å². The number of hydrogen-bond donors (Lipinski definition) is 2. The lowest BCUT2D eigenvalue weighted by Crippen LogP contribution is -2.28. The zero-order valence-corrected chi connectivity index (χ0v) is 13.9. The third-order valence-electron chi connectivity index (χ3n) is 4.14. The molecule has 6 nitrogen and oxygen atoms in total. The van der Waals surface area contributed by atoms with Crippen LogP contribution in [0.25, 0.3) is 0 Å². The van der Waals surface area contributed by atoms with Crippen LogP contribution in [-0.4, -0.2) is 35.9 Å². The standard InChI is InChI=1S/C18H21FN4O2/c19-15-3-1-13(2-4-15)7-10-20-16-5-6-17(23-22-16)21-18(24)14-8-11-25-12-9-14/h1-6,14H,7-12H2,(H,20,22)(H,21,23,24). The van der Waals surface area contributed by atoms with Crippen LogP contribution in [0.15, 0.2) is 36.4 Å². The highest BCUT2D eigenvalue weighted by atomic mass is 19.1. The molecule has 2 N–H and O–H groups in total. The highest BCUT2D eigenvalue weighted by Gasteiger charge is 2.21. The number of nitrogens with zero attached hydrogens (tertiary/aromatic N) is 2. The fourth-order valence-electron chi connectivity index (χ4n) is 2.67. The van der Waals surface area contributed by atoms with Gasteiger partial charge in [-0.1, -0.05) is 12.1 Å². The van der Waals surface area contributed by atoms with Crippen molar-refractivity contribution in [2.45, 2.75) is 19.3 Å². The number of aromatic nitrogens is 2. The Labute approximate surface area is 145 Å². The lowest BCUT2D eigenvalue weighted by atomic mass is 9.99. The lowest BCUT2D eigenvalue weighted by Gasteiger charge is -2.20. The summed E-state index contributed by atoms with van der Waals surface area (Å²) in [5.74, 6) is 0.784. The first kappa shape index (κ1) is 17.3. The molecular formula is C18H21FN4O2. The molecule has 1 fully saturated rings.